The molecule has 0 saturated heterocycles. The van der Waals surface area contributed by atoms with E-state index in [4.69, 9.17) is 14.2 Å². The zero-order valence-electron chi connectivity index (χ0n) is 16.9. The molecular formula is C22H27BrO5. The third kappa shape index (κ3) is 5.15. The number of Topliss-reactive ketones (excluding diaryl/α,β-unsaturated/α-hetero) is 1. The van der Waals surface area contributed by atoms with Crippen LogP contribution in [0, 0.1) is 17.3 Å². The number of ketones is 1. The second-order valence-electron chi connectivity index (χ2n) is 7.11. The first-order valence-electron chi connectivity index (χ1n) is 9.31. The van der Waals surface area contributed by atoms with Crippen molar-refractivity contribution < 1.29 is 23.8 Å². The lowest BCUT2D eigenvalue weighted by molar-refractivity contribution is -0.159. The zero-order chi connectivity index (χ0) is 20.7. The summed E-state index contributed by atoms with van der Waals surface area (Å²) in [5.41, 5.74) is 0.805. The van der Waals surface area contributed by atoms with E-state index in [0.29, 0.717) is 18.6 Å². The molecule has 1 fully saturated rings. The summed E-state index contributed by atoms with van der Waals surface area (Å²) in [4.78, 5) is 25.5. The highest BCUT2D eigenvalue weighted by Crippen LogP contribution is 2.42. The van der Waals surface area contributed by atoms with Gasteiger partial charge in [-0.15, -0.1) is 5.92 Å². The molecule has 6 heteroatoms. The quantitative estimate of drug-likeness (QED) is 0.462. The number of halogens is 1. The van der Waals surface area contributed by atoms with Gasteiger partial charge in [-0.2, -0.15) is 0 Å². The molecular weight excluding hydrogens is 424 g/mol. The number of hydrogen-bond donors (Lipinski definition) is 0. The summed E-state index contributed by atoms with van der Waals surface area (Å²) < 4.78 is 16.7. The van der Waals surface area contributed by atoms with Crippen molar-refractivity contribution in [3.8, 4) is 17.6 Å². The van der Waals surface area contributed by atoms with Crippen LogP contribution < -0.4 is 4.74 Å². The molecule has 0 aromatic heterocycles. The van der Waals surface area contributed by atoms with E-state index < -0.39 is 5.41 Å². The average Bonchev–Trinajstić information content (AvgIpc) is 2.69. The summed E-state index contributed by atoms with van der Waals surface area (Å²) in [6.07, 6.45) is 3.14. The fraction of sp³-hybridized carbons (Fsp3) is 0.545. The number of ether oxygens (including phenoxy) is 3. The normalized spacial score (nSPS) is 21.4. The van der Waals surface area contributed by atoms with Crippen molar-refractivity contribution in [3.63, 3.8) is 0 Å². The number of carbonyl (C=O) groups is 2. The minimum atomic E-state index is -0.770. The van der Waals surface area contributed by atoms with Gasteiger partial charge in [0.1, 0.15) is 11.5 Å². The molecule has 2 rings (SSSR count). The Labute approximate surface area is 175 Å². The molecule has 1 aromatic carbocycles. The number of rotatable bonds is 7. The third-order valence-electron chi connectivity index (χ3n) is 5.39. The molecule has 0 bridgehead atoms. The Morgan fingerprint density at radius 1 is 1.21 bits per heavy atom. The Morgan fingerprint density at radius 2 is 1.89 bits per heavy atom. The minimum absolute atomic E-state index is 0.0189. The Bertz CT molecular complexity index is 782. The van der Waals surface area contributed by atoms with Gasteiger partial charge in [0.05, 0.1) is 25.7 Å². The van der Waals surface area contributed by atoms with Crippen molar-refractivity contribution in [2.75, 3.05) is 21.3 Å². The fourth-order valence-electron chi connectivity index (χ4n) is 3.87. The molecule has 0 amide bonds. The lowest BCUT2D eigenvalue weighted by Gasteiger charge is -2.37. The van der Waals surface area contributed by atoms with E-state index in [2.05, 4.69) is 27.8 Å². The maximum Gasteiger partial charge on any atom is 0.312 e. The van der Waals surface area contributed by atoms with Crippen LogP contribution in [0.2, 0.25) is 0 Å². The van der Waals surface area contributed by atoms with Crippen LogP contribution >= 0.6 is 15.9 Å². The molecule has 0 heterocycles. The van der Waals surface area contributed by atoms with Crippen LogP contribution in [0.3, 0.4) is 0 Å². The van der Waals surface area contributed by atoms with Gasteiger partial charge in [-0.05, 0) is 44.7 Å². The van der Waals surface area contributed by atoms with Crippen molar-refractivity contribution >= 4 is 27.7 Å². The summed E-state index contributed by atoms with van der Waals surface area (Å²) in [5.74, 6) is 6.12. The summed E-state index contributed by atoms with van der Waals surface area (Å²) in [6.45, 7) is 1.77. The second-order valence-corrected chi connectivity index (χ2v) is 7.97. The topological polar surface area (TPSA) is 61.8 Å². The summed E-state index contributed by atoms with van der Waals surface area (Å²) in [7, 11) is 4.63. The predicted molar refractivity (Wildman–Crippen MR) is 110 cm³/mol. The second kappa shape index (κ2) is 10.1. The van der Waals surface area contributed by atoms with Crippen molar-refractivity contribution in [1.82, 2.24) is 0 Å². The molecule has 1 aliphatic rings. The maximum absolute atomic E-state index is 12.9. The standard InChI is InChI=1S/C22H27BrO5/c1-5-6-15-11-19(23)18(20(12-15)27-3)13-16(24)14-22(21(25)28-4)9-7-17(26-2)8-10-22/h11-12,17H,7-10,13-14H2,1-4H3. The van der Waals surface area contributed by atoms with Gasteiger partial charge in [0.2, 0.25) is 0 Å². The number of methoxy groups -OCH3 is 3. The SMILES string of the molecule is CC#Cc1cc(Br)c(CC(=O)CC2(C(=O)OC)CCC(OC)CC2)c(OC)c1. The molecule has 0 aliphatic heterocycles. The Kier molecular flexibility index (Phi) is 8.09. The highest BCUT2D eigenvalue weighted by Gasteiger charge is 2.44. The molecule has 1 aromatic rings. The first-order valence-corrected chi connectivity index (χ1v) is 10.1. The van der Waals surface area contributed by atoms with Crippen LogP contribution in [-0.4, -0.2) is 39.2 Å². The summed E-state index contributed by atoms with van der Waals surface area (Å²) in [5, 5.41) is 0. The van der Waals surface area contributed by atoms with E-state index in [1.807, 2.05) is 12.1 Å². The van der Waals surface area contributed by atoms with E-state index in [1.165, 1.54) is 7.11 Å². The van der Waals surface area contributed by atoms with E-state index >= 15 is 0 Å². The molecule has 28 heavy (non-hydrogen) atoms. The van der Waals surface area contributed by atoms with E-state index in [-0.39, 0.29) is 30.7 Å². The first kappa shape index (κ1) is 22.4. The first-order chi connectivity index (χ1) is 13.4. The largest absolute Gasteiger partial charge is 0.496 e. The Balaban J connectivity index is 2.21. The molecule has 0 spiro atoms. The third-order valence-corrected chi connectivity index (χ3v) is 6.10. The number of esters is 1. The van der Waals surface area contributed by atoms with Gasteiger partial charge in [-0.3, -0.25) is 9.59 Å². The Morgan fingerprint density at radius 3 is 2.43 bits per heavy atom. The minimum Gasteiger partial charge on any atom is -0.496 e. The molecule has 0 atom stereocenters. The van der Waals surface area contributed by atoms with Crippen LogP contribution in [0.4, 0.5) is 0 Å². The van der Waals surface area contributed by atoms with Gasteiger partial charge in [-0.1, -0.05) is 21.9 Å². The number of benzene rings is 1. The van der Waals surface area contributed by atoms with Crippen LogP contribution in [0.15, 0.2) is 16.6 Å². The molecule has 0 radical (unpaired) electrons. The molecule has 0 unspecified atom stereocenters. The van der Waals surface area contributed by atoms with E-state index in [1.54, 1.807) is 21.1 Å². The predicted octanol–water partition coefficient (Wildman–Crippen LogP) is 4.08. The van der Waals surface area contributed by atoms with Crippen molar-refractivity contribution in [2.45, 2.75) is 51.6 Å². The Hall–Kier alpha value is -1.84. The molecule has 0 N–H and O–H groups in total. The zero-order valence-corrected chi connectivity index (χ0v) is 18.5. The lowest BCUT2D eigenvalue weighted by Crippen LogP contribution is -2.40. The average molecular weight is 451 g/mol. The van der Waals surface area contributed by atoms with Crippen molar-refractivity contribution in [3.05, 3.63) is 27.7 Å². The smallest absolute Gasteiger partial charge is 0.312 e. The van der Waals surface area contributed by atoms with Crippen LogP contribution in [-0.2, 0) is 25.5 Å². The molecule has 1 aliphatic carbocycles. The van der Waals surface area contributed by atoms with E-state index in [0.717, 1.165) is 28.4 Å². The number of hydrogen-bond acceptors (Lipinski definition) is 5. The van der Waals surface area contributed by atoms with Gasteiger partial charge >= 0.3 is 5.97 Å². The molecule has 1 saturated carbocycles. The molecule has 152 valence electrons. The fourth-order valence-corrected chi connectivity index (χ4v) is 4.45. The van der Waals surface area contributed by atoms with Gasteiger partial charge < -0.3 is 14.2 Å². The van der Waals surface area contributed by atoms with Crippen molar-refractivity contribution in [1.29, 1.82) is 0 Å². The highest BCUT2D eigenvalue weighted by atomic mass is 79.9. The summed E-state index contributed by atoms with van der Waals surface area (Å²) >= 11 is 3.53. The van der Waals surface area contributed by atoms with Gasteiger partial charge in [0, 0.05) is 35.6 Å². The maximum atomic E-state index is 12.9. The van der Waals surface area contributed by atoms with Crippen LogP contribution in [0.1, 0.15) is 50.2 Å². The van der Waals surface area contributed by atoms with E-state index in [9.17, 15) is 9.59 Å². The lowest BCUT2D eigenvalue weighted by atomic mass is 9.69. The van der Waals surface area contributed by atoms with Gasteiger partial charge in [0.25, 0.3) is 0 Å². The number of carbonyl (C=O) groups excluding carboxylic acids is 2. The monoisotopic (exact) mass is 450 g/mol. The van der Waals surface area contributed by atoms with Crippen LogP contribution in [0.25, 0.3) is 0 Å². The van der Waals surface area contributed by atoms with Gasteiger partial charge in [0.15, 0.2) is 0 Å². The molecule has 5 nitrogen and oxygen atoms in total. The van der Waals surface area contributed by atoms with Crippen LogP contribution in [0.5, 0.6) is 5.75 Å². The summed E-state index contributed by atoms with van der Waals surface area (Å²) in [6, 6.07) is 3.70. The van der Waals surface area contributed by atoms with Gasteiger partial charge in [-0.25, -0.2) is 0 Å². The van der Waals surface area contributed by atoms with Crippen molar-refractivity contribution in [2.24, 2.45) is 5.41 Å². The highest BCUT2D eigenvalue weighted by molar-refractivity contribution is 9.10.